The first-order valence-corrected chi connectivity index (χ1v) is 17.7. The predicted molar refractivity (Wildman–Crippen MR) is 189 cm³/mol. The Morgan fingerprint density at radius 3 is 2.25 bits per heavy atom. The van der Waals surface area contributed by atoms with Crippen molar-refractivity contribution in [3.63, 3.8) is 0 Å². The topological polar surface area (TPSA) is 192 Å². The summed E-state index contributed by atoms with van der Waals surface area (Å²) >= 11 is 0. The molecule has 0 bridgehead atoms. The Labute approximate surface area is 306 Å². The molecule has 5 rings (SSSR count). The second-order valence-electron chi connectivity index (χ2n) is 13.1. The predicted octanol–water partition coefficient (Wildman–Crippen LogP) is 1.07. The van der Waals surface area contributed by atoms with Gasteiger partial charge in [-0.25, -0.2) is 4.79 Å². The second kappa shape index (κ2) is 17.5. The van der Waals surface area contributed by atoms with E-state index in [1.54, 1.807) is 18.7 Å². The number of benzene rings is 2. The van der Waals surface area contributed by atoms with Crippen LogP contribution >= 0.6 is 0 Å². The Morgan fingerprint density at radius 1 is 0.849 bits per heavy atom. The molecule has 3 aliphatic heterocycles. The molecule has 2 fully saturated rings. The molecule has 2 aromatic carbocycles. The van der Waals surface area contributed by atoms with E-state index >= 15 is 0 Å². The van der Waals surface area contributed by atoms with E-state index in [9.17, 15) is 38.4 Å². The van der Waals surface area contributed by atoms with E-state index in [1.165, 1.54) is 4.90 Å². The van der Waals surface area contributed by atoms with Gasteiger partial charge in [-0.15, -0.1) is 5.06 Å². The Balaban J connectivity index is 1.08. The first kappa shape index (κ1) is 38.2. The highest BCUT2D eigenvalue weighted by atomic mass is 16.7. The van der Waals surface area contributed by atoms with Gasteiger partial charge in [0.2, 0.25) is 29.5 Å². The summed E-state index contributed by atoms with van der Waals surface area (Å²) in [6, 6.07) is 12.7. The molecule has 3 N–H and O–H groups in total. The number of nitrogens with one attached hydrogen (secondary N) is 3. The molecule has 2 aromatic rings. The van der Waals surface area contributed by atoms with E-state index in [0.717, 1.165) is 11.1 Å². The molecule has 0 aromatic heterocycles. The zero-order valence-electron chi connectivity index (χ0n) is 29.6. The van der Waals surface area contributed by atoms with Crippen LogP contribution in [-0.2, 0) is 49.7 Å². The van der Waals surface area contributed by atoms with Crippen molar-refractivity contribution in [3.05, 3.63) is 65.2 Å². The third-order valence-electron chi connectivity index (χ3n) is 9.45. The van der Waals surface area contributed by atoms with Gasteiger partial charge in [0.25, 0.3) is 11.8 Å². The zero-order chi connectivity index (χ0) is 38.1. The summed E-state index contributed by atoms with van der Waals surface area (Å²) < 4.78 is 0. The van der Waals surface area contributed by atoms with Crippen LogP contribution in [0.1, 0.15) is 75.5 Å². The van der Waals surface area contributed by atoms with Gasteiger partial charge in [0.15, 0.2) is 0 Å². The number of nitrogens with zero attached hydrogens (tertiary/aromatic N) is 3. The Bertz CT molecular complexity index is 1850. The van der Waals surface area contributed by atoms with Gasteiger partial charge in [0.1, 0.15) is 12.1 Å². The number of para-hydroxylation sites is 1. The van der Waals surface area contributed by atoms with E-state index in [4.69, 9.17) is 4.84 Å². The van der Waals surface area contributed by atoms with Crippen molar-refractivity contribution in [2.24, 2.45) is 5.92 Å². The van der Waals surface area contributed by atoms with Crippen molar-refractivity contribution < 1.29 is 43.2 Å². The van der Waals surface area contributed by atoms with E-state index in [1.807, 2.05) is 48.5 Å². The van der Waals surface area contributed by atoms with Gasteiger partial charge in [0.05, 0.1) is 25.3 Å². The maximum atomic E-state index is 13.4. The fourth-order valence-corrected chi connectivity index (χ4v) is 6.23. The maximum Gasteiger partial charge on any atom is 0.355 e. The molecular formula is C38H42N6O9. The van der Waals surface area contributed by atoms with Gasteiger partial charge in [0, 0.05) is 43.4 Å². The maximum absolute atomic E-state index is 13.4. The molecule has 15 nitrogen and oxygen atoms in total. The van der Waals surface area contributed by atoms with Crippen LogP contribution in [0.25, 0.3) is 0 Å². The van der Waals surface area contributed by atoms with E-state index in [-0.39, 0.29) is 44.7 Å². The molecule has 3 aliphatic rings. The highest BCUT2D eigenvalue weighted by Gasteiger charge is 2.40. The van der Waals surface area contributed by atoms with Gasteiger partial charge in [-0.2, -0.15) is 0 Å². The molecule has 53 heavy (non-hydrogen) atoms. The molecular weight excluding hydrogens is 684 g/mol. The van der Waals surface area contributed by atoms with Gasteiger partial charge < -0.3 is 30.6 Å². The number of hydroxylamine groups is 2. The third-order valence-corrected chi connectivity index (χ3v) is 9.45. The lowest BCUT2D eigenvalue weighted by atomic mass is 9.98. The van der Waals surface area contributed by atoms with Gasteiger partial charge in [-0.1, -0.05) is 62.4 Å². The minimum atomic E-state index is -1.18. The van der Waals surface area contributed by atoms with Crippen molar-refractivity contribution in [2.45, 2.75) is 77.4 Å². The number of carbonyl (C=O) groups excluding carboxylic acids is 8. The first-order valence-electron chi connectivity index (χ1n) is 17.7. The average Bonchev–Trinajstić information content (AvgIpc) is 3.78. The number of rotatable bonds is 13. The lowest BCUT2D eigenvalue weighted by molar-refractivity contribution is -0.200. The van der Waals surface area contributed by atoms with Crippen molar-refractivity contribution in [1.29, 1.82) is 0 Å². The summed E-state index contributed by atoms with van der Waals surface area (Å²) in [5.41, 5.74) is 3.03. The first-order chi connectivity index (χ1) is 25.5. The van der Waals surface area contributed by atoms with Crippen LogP contribution in [0.4, 0.5) is 5.69 Å². The minimum Gasteiger partial charge on any atom is -0.347 e. The number of hydrogen-bond acceptors (Lipinski definition) is 9. The van der Waals surface area contributed by atoms with E-state index < -0.39 is 72.5 Å². The van der Waals surface area contributed by atoms with Gasteiger partial charge >= 0.3 is 5.97 Å². The van der Waals surface area contributed by atoms with E-state index in [2.05, 4.69) is 27.8 Å². The summed E-state index contributed by atoms with van der Waals surface area (Å²) in [6.45, 7) is 3.16. The van der Waals surface area contributed by atoms with Crippen LogP contribution in [0.5, 0.6) is 0 Å². The number of amides is 7. The average molecular weight is 727 g/mol. The van der Waals surface area contributed by atoms with Crippen LogP contribution in [0, 0.1) is 17.8 Å². The lowest BCUT2D eigenvalue weighted by Crippen LogP contribution is -2.55. The third kappa shape index (κ3) is 9.45. The SMILES string of the molecule is CCC(C)C(NC(=O)[C@@H]1CCCN1C(=O)CNC(=O)CNC(=O)CCC(=O)N1Cc2ccccc2C#Cc2ccccc21)C(=O)ON1C(=O)CCC1=O. The largest absolute Gasteiger partial charge is 0.355 e. The molecule has 3 heterocycles. The zero-order valence-corrected chi connectivity index (χ0v) is 29.6. The van der Waals surface area contributed by atoms with Crippen LogP contribution < -0.4 is 20.9 Å². The number of likely N-dealkylation sites (tertiary alicyclic amines) is 1. The molecule has 0 saturated carbocycles. The molecule has 0 radical (unpaired) electrons. The van der Waals surface area contributed by atoms with Crippen LogP contribution in [0.3, 0.4) is 0 Å². The summed E-state index contributed by atoms with van der Waals surface area (Å²) in [4.78, 5) is 110. The molecule has 2 saturated heterocycles. The fraction of sp³-hybridized carbons (Fsp3) is 0.421. The number of imide groups is 1. The normalized spacial score (nSPS) is 17.2. The van der Waals surface area contributed by atoms with Gasteiger partial charge in [-0.05, 0) is 42.5 Å². The highest BCUT2D eigenvalue weighted by molar-refractivity contribution is 6.02. The summed E-state index contributed by atoms with van der Waals surface area (Å²) in [5, 5.41) is 7.98. The number of carbonyl (C=O) groups is 8. The molecule has 0 aliphatic carbocycles. The Morgan fingerprint density at radius 2 is 1.51 bits per heavy atom. The van der Waals surface area contributed by atoms with Crippen LogP contribution in [0.15, 0.2) is 48.5 Å². The quantitative estimate of drug-likeness (QED) is 0.200. The molecule has 7 amide bonds. The van der Waals surface area contributed by atoms with Crippen molar-refractivity contribution in [3.8, 4) is 11.8 Å². The lowest BCUT2D eigenvalue weighted by Gasteiger charge is -2.28. The van der Waals surface area contributed by atoms with Crippen molar-refractivity contribution >= 4 is 53.0 Å². The number of anilines is 1. The Hall–Kier alpha value is -6.04. The summed E-state index contributed by atoms with van der Waals surface area (Å²) in [6.07, 6.45) is 0.856. The van der Waals surface area contributed by atoms with Crippen LogP contribution in [0.2, 0.25) is 0 Å². The molecule has 15 heteroatoms. The van der Waals surface area contributed by atoms with Crippen molar-refractivity contribution in [1.82, 2.24) is 25.9 Å². The minimum absolute atomic E-state index is 0.0724. The molecule has 3 atom stereocenters. The highest BCUT2D eigenvalue weighted by Crippen LogP contribution is 2.26. The molecule has 2 unspecified atom stereocenters. The fourth-order valence-electron chi connectivity index (χ4n) is 6.23. The Kier molecular flexibility index (Phi) is 12.6. The summed E-state index contributed by atoms with van der Waals surface area (Å²) in [7, 11) is 0. The monoisotopic (exact) mass is 726 g/mol. The standard InChI is InChI=1S/C38H42N6O9/c1-3-24(2)36(38(52)53-44-33(48)18-19-34(44)49)41-37(51)29-13-8-20-42(29)35(50)22-40-31(46)21-39-30(45)16-17-32(47)43-23-27-11-5-4-9-25(27)14-15-26-10-6-7-12-28(26)43/h4-7,9-12,24,29,36H,3,8,13,16-23H2,1-2H3,(H,39,45)(H,40,46)(H,41,51)/t24?,29-,36?/m0/s1. The molecule has 0 spiro atoms. The van der Waals surface area contributed by atoms with Crippen molar-refractivity contribution in [2.75, 3.05) is 24.5 Å². The second-order valence-corrected chi connectivity index (χ2v) is 13.1. The molecule has 278 valence electrons. The van der Waals surface area contributed by atoms with Crippen LogP contribution in [-0.4, -0.2) is 89.0 Å². The van der Waals surface area contributed by atoms with Gasteiger partial charge in [-0.3, -0.25) is 33.6 Å². The number of fused-ring (bicyclic) bond motifs is 2. The smallest absolute Gasteiger partial charge is 0.347 e. The van der Waals surface area contributed by atoms with E-state index in [0.29, 0.717) is 35.6 Å². The summed E-state index contributed by atoms with van der Waals surface area (Å²) in [5.74, 6) is 1.03. The number of hydrogen-bond donors (Lipinski definition) is 3.